The third-order valence-corrected chi connectivity index (χ3v) is 3.96. The number of anilines is 1. The number of carbonyl (C=O) groups is 1. The fourth-order valence-electron chi connectivity index (χ4n) is 2.72. The quantitative estimate of drug-likeness (QED) is 0.707. The molecule has 0 radical (unpaired) electrons. The van der Waals surface area contributed by atoms with Crippen LogP contribution in [0.15, 0.2) is 18.2 Å². The summed E-state index contributed by atoms with van der Waals surface area (Å²) in [5.74, 6) is -0.0643. The van der Waals surface area contributed by atoms with Gasteiger partial charge >= 0.3 is 0 Å². The molecule has 1 rings (SSSR count). The molecule has 1 amide bonds. The van der Waals surface area contributed by atoms with Gasteiger partial charge in [-0.05, 0) is 48.8 Å². The Morgan fingerprint density at radius 3 is 2.33 bits per heavy atom. The predicted octanol–water partition coefficient (Wildman–Crippen LogP) is 3.98. The lowest BCUT2D eigenvalue weighted by atomic mass is 9.87. The summed E-state index contributed by atoms with van der Waals surface area (Å²) in [4.78, 5) is 12.5. The van der Waals surface area contributed by atoms with E-state index in [1.807, 2.05) is 39.0 Å². The van der Waals surface area contributed by atoms with Crippen molar-refractivity contribution in [3.05, 3.63) is 29.3 Å². The van der Waals surface area contributed by atoms with Gasteiger partial charge in [-0.25, -0.2) is 0 Å². The first-order valence-electron chi connectivity index (χ1n) is 8.71. The van der Waals surface area contributed by atoms with E-state index in [0.29, 0.717) is 18.5 Å². The van der Waals surface area contributed by atoms with Crippen LogP contribution >= 0.6 is 0 Å². The highest BCUT2D eigenvalue weighted by Gasteiger charge is 2.22. The minimum absolute atomic E-state index is 0.0643. The third-order valence-electron chi connectivity index (χ3n) is 3.96. The van der Waals surface area contributed by atoms with Crippen LogP contribution in [0.3, 0.4) is 0 Å². The number of aliphatic hydroxyl groups is 1. The predicted molar refractivity (Wildman–Crippen MR) is 102 cm³/mol. The van der Waals surface area contributed by atoms with Crippen molar-refractivity contribution in [3.8, 4) is 0 Å². The van der Waals surface area contributed by atoms with Gasteiger partial charge in [-0.2, -0.15) is 0 Å². The number of carbonyl (C=O) groups excluding carboxylic acids is 1. The lowest BCUT2D eigenvalue weighted by Gasteiger charge is -2.26. The number of amides is 1. The van der Waals surface area contributed by atoms with Gasteiger partial charge in [0, 0.05) is 24.3 Å². The Kier molecular flexibility index (Phi) is 6.85. The van der Waals surface area contributed by atoms with Crippen LogP contribution in [0.25, 0.3) is 0 Å². The topological polar surface area (TPSA) is 61.4 Å². The van der Waals surface area contributed by atoms with Gasteiger partial charge < -0.3 is 15.7 Å². The van der Waals surface area contributed by atoms with E-state index in [4.69, 9.17) is 0 Å². The molecule has 4 heteroatoms. The summed E-state index contributed by atoms with van der Waals surface area (Å²) in [5, 5.41) is 16.0. The van der Waals surface area contributed by atoms with Gasteiger partial charge in [0.15, 0.2) is 0 Å². The van der Waals surface area contributed by atoms with E-state index < -0.39 is 0 Å². The number of rotatable bonds is 7. The van der Waals surface area contributed by atoms with Crippen LogP contribution < -0.4 is 10.6 Å². The van der Waals surface area contributed by atoms with E-state index in [9.17, 15) is 9.90 Å². The van der Waals surface area contributed by atoms with Gasteiger partial charge in [0.05, 0.1) is 6.10 Å². The molecule has 0 aliphatic carbocycles. The van der Waals surface area contributed by atoms with E-state index in [2.05, 4.69) is 31.4 Å². The molecule has 0 heterocycles. The molecule has 24 heavy (non-hydrogen) atoms. The SMILES string of the molecule is Cc1c(NCC(C)(C)C)cccc1C(=O)NCC(C)(C)CC(C)O. The third kappa shape index (κ3) is 6.91. The van der Waals surface area contributed by atoms with Gasteiger partial charge in [0.1, 0.15) is 0 Å². The van der Waals surface area contributed by atoms with Crippen LogP contribution in [0.1, 0.15) is 63.9 Å². The molecule has 1 unspecified atom stereocenters. The summed E-state index contributed by atoms with van der Waals surface area (Å²) in [6.45, 7) is 15.8. The normalized spacial score (nSPS) is 13.5. The van der Waals surface area contributed by atoms with Crippen molar-refractivity contribution in [2.75, 3.05) is 18.4 Å². The minimum atomic E-state index is -0.372. The van der Waals surface area contributed by atoms with Crippen LogP contribution in [0.4, 0.5) is 5.69 Å². The number of hydrogen-bond donors (Lipinski definition) is 3. The zero-order valence-electron chi connectivity index (χ0n) is 16.3. The maximum Gasteiger partial charge on any atom is 0.251 e. The molecule has 1 aromatic rings. The Labute approximate surface area is 147 Å². The van der Waals surface area contributed by atoms with Crippen LogP contribution in [-0.4, -0.2) is 30.2 Å². The highest BCUT2D eigenvalue weighted by molar-refractivity contribution is 5.97. The Hall–Kier alpha value is -1.55. The zero-order chi connectivity index (χ0) is 18.5. The highest BCUT2D eigenvalue weighted by atomic mass is 16.3. The summed E-state index contributed by atoms with van der Waals surface area (Å²) < 4.78 is 0. The van der Waals surface area contributed by atoms with Gasteiger partial charge in [-0.1, -0.05) is 40.7 Å². The molecule has 0 fully saturated rings. The molecule has 0 saturated carbocycles. The molecule has 0 bridgehead atoms. The molecule has 0 aliphatic heterocycles. The van der Waals surface area contributed by atoms with E-state index in [1.165, 1.54) is 0 Å². The molecule has 3 N–H and O–H groups in total. The van der Waals surface area contributed by atoms with E-state index in [-0.39, 0.29) is 22.8 Å². The van der Waals surface area contributed by atoms with Gasteiger partial charge in [0.25, 0.3) is 5.91 Å². The monoisotopic (exact) mass is 334 g/mol. The molecule has 1 aromatic carbocycles. The standard InChI is InChI=1S/C20H34N2O2/c1-14(23)11-20(6,7)13-22-18(24)16-9-8-10-17(15(16)2)21-12-19(3,4)5/h8-10,14,21,23H,11-13H2,1-7H3,(H,22,24). The van der Waals surface area contributed by atoms with E-state index in [1.54, 1.807) is 6.92 Å². The molecular formula is C20H34N2O2. The molecular weight excluding hydrogens is 300 g/mol. The molecule has 0 aromatic heterocycles. The highest BCUT2D eigenvalue weighted by Crippen LogP contribution is 2.23. The lowest BCUT2D eigenvalue weighted by molar-refractivity contribution is 0.0901. The number of hydrogen-bond acceptors (Lipinski definition) is 3. The Morgan fingerprint density at radius 1 is 1.17 bits per heavy atom. The molecule has 136 valence electrons. The average Bonchev–Trinajstić information content (AvgIpc) is 2.41. The average molecular weight is 335 g/mol. The lowest BCUT2D eigenvalue weighted by Crippen LogP contribution is -2.36. The molecule has 0 saturated heterocycles. The second kappa shape index (κ2) is 8.02. The van der Waals surface area contributed by atoms with Crippen LogP contribution in [0, 0.1) is 17.8 Å². The maximum atomic E-state index is 12.5. The van der Waals surface area contributed by atoms with Crippen molar-refractivity contribution < 1.29 is 9.90 Å². The van der Waals surface area contributed by atoms with E-state index >= 15 is 0 Å². The largest absolute Gasteiger partial charge is 0.393 e. The number of aliphatic hydroxyl groups excluding tert-OH is 1. The number of benzene rings is 1. The molecule has 0 aliphatic rings. The van der Waals surface area contributed by atoms with Crippen molar-refractivity contribution in [2.45, 2.75) is 61.0 Å². The smallest absolute Gasteiger partial charge is 0.251 e. The van der Waals surface area contributed by atoms with E-state index in [0.717, 1.165) is 17.8 Å². The fourth-order valence-corrected chi connectivity index (χ4v) is 2.72. The Morgan fingerprint density at radius 2 is 1.79 bits per heavy atom. The Balaban J connectivity index is 2.78. The van der Waals surface area contributed by atoms with Gasteiger partial charge in [0.2, 0.25) is 0 Å². The van der Waals surface area contributed by atoms with Crippen molar-refractivity contribution in [1.29, 1.82) is 0 Å². The van der Waals surface area contributed by atoms with Crippen LogP contribution in [0.5, 0.6) is 0 Å². The summed E-state index contributed by atoms with van der Waals surface area (Å²) in [5.41, 5.74) is 2.70. The molecule has 4 nitrogen and oxygen atoms in total. The second-order valence-corrected chi connectivity index (χ2v) is 8.79. The first-order valence-corrected chi connectivity index (χ1v) is 8.71. The first kappa shape index (κ1) is 20.5. The molecule has 1 atom stereocenters. The summed E-state index contributed by atoms with van der Waals surface area (Å²) in [6.07, 6.45) is 0.281. The van der Waals surface area contributed by atoms with Crippen LogP contribution in [0.2, 0.25) is 0 Å². The van der Waals surface area contributed by atoms with Crippen molar-refractivity contribution in [2.24, 2.45) is 10.8 Å². The van der Waals surface area contributed by atoms with Crippen molar-refractivity contribution in [1.82, 2.24) is 5.32 Å². The van der Waals surface area contributed by atoms with Crippen molar-refractivity contribution in [3.63, 3.8) is 0 Å². The van der Waals surface area contributed by atoms with Crippen LogP contribution in [-0.2, 0) is 0 Å². The van der Waals surface area contributed by atoms with Crippen molar-refractivity contribution >= 4 is 11.6 Å². The zero-order valence-corrected chi connectivity index (χ0v) is 16.3. The summed E-state index contributed by atoms with van der Waals surface area (Å²) >= 11 is 0. The summed E-state index contributed by atoms with van der Waals surface area (Å²) in [7, 11) is 0. The Bertz CT molecular complexity index is 557. The maximum absolute atomic E-state index is 12.5. The minimum Gasteiger partial charge on any atom is -0.393 e. The second-order valence-electron chi connectivity index (χ2n) is 8.79. The fraction of sp³-hybridized carbons (Fsp3) is 0.650. The summed E-state index contributed by atoms with van der Waals surface area (Å²) in [6, 6.07) is 5.78. The van der Waals surface area contributed by atoms with Gasteiger partial charge in [-0.15, -0.1) is 0 Å². The van der Waals surface area contributed by atoms with Gasteiger partial charge in [-0.3, -0.25) is 4.79 Å². The first-order chi connectivity index (χ1) is 10.9. The molecule has 0 spiro atoms. The number of nitrogens with one attached hydrogen (secondary N) is 2.